The van der Waals surface area contributed by atoms with Gasteiger partial charge in [-0.05, 0) is 17.7 Å². The van der Waals surface area contributed by atoms with Gasteiger partial charge in [0.05, 0.1) is 12.1 Å². The van der Waals surface area contributed by atoms with E-state index in [1.165, 1.54) is 16.9 Å². The molecule has 0 spiro atoms. The molecule has 0 fully saturated rings. The van der Waals surface area contributed by atoms with Gasteiger partial charge in [0.1, 0.15) is 11.0 Å². The highest BCUT2D eigenvalue weighted by Gasteiger charge is 2.09. The number of hydrogen-bond acceptors (Lipinski definition) is 3. The molecule has 1 N–H and O–H groups in total. The number of halogens is 2. The van der Waals surface area contributed by atoms with E-state index < -0.39 is 17.6 Å². The largest absolute Gasteiger partial charge is 0.478 e. The lowest BCUT2D eigenvalue weighted by Crippen LogP contribution is -2.04. The zero-order chi connectivity index (χ0) is 15.0. The van der Waals surface area contributed by atoms with Gasteiger partial charge in [-0.1, -0.05) is 12.1 Å². The number of aromatic nitrogens is 3. The molecular formula is C14H9F2N3O2. The highest BCUT2D eigenvalue weighted by Crippen LogP contribution is 2.15. The first-order valence-corrected chi connectivity index (χ1v) is 6.05. The van der Waals surface area contributed by atoms with Gasteiger partial charge in [-0.15, -0.1) is 0 Å². The van der Waals surface area contributed by atoms with Crippen molar-refractivity contribution in [2.45, 2.75) is 6.54 Å². The van der Waals surface area contributed by atoms with Crippen LogP contribution in [0, 0.1) is 11.6 Å². The molecule has 0 aliphatic heterocycles. The number of nitrogens with zero attached hydrogens (tertiary/aromatic N) is 3. The van der Waals surface area contributed by atoms with Gasteiger partial charge in [-0.25, -0.2) is 13.6 Å². The van der Waals surface area contributed by atoms with Crippen LogP contribution in [0.1, 0.15) is 15.9 Å². The number of hydrogen-bond donors (Lipinski definition) is 1. The lowest BCUT2D eigenvalue weighted by Gasteiger charge is -2.00. The van der Waals surface area contributed by atoms with Crippen LogP contribution in [0.4, 0.5) is 8.78 Å². The maximum atomic E-state index is 13.1. The molecule has 1 heterocycles. The molecule has 0 aliphatic rings. The standard InChI is InChI=1S/C14H9F2N3O2/c15-10-5-12-13(6-11(10)16)18-19(17-12)7-8-1-3-9(4-2-8)14(20)21/h1-6H,7H2,(H,20,21). The van der Waals surface area contributed by atoms with Gasteiger partial charge in [-0.3, -0.25) is 0 Å². The summed E-state index contributed by atoms with van der Waals surface area (Å²) in [5.41, 5.74) is 1.48. The first-order valence-electron chi connectivity index (χ1n) is 6.05. The van der Waals surface area contributed by atoms with Crippen molar-refractivity contribution in [1.82, 2.24) is 15.0 Å². The highest BCUT2D eigenvalue weighted by molar-refractivity contribution is 5.87. The number of carboxylic acid groups (broad SMARTS) is 1. The summed E-state index contributed by atoms with van der Waals surface area (Å²) in [5.74, 6) is -2.95. The molecule has 0 amide bonds. The van der Waals surface area contributed by atoms with Crippen LogP contribution in [-0.4, -0.2) is 26.1 Å². The zero-order valence-electron chi connectivity index (χ0n) is 10.6. The number of rotatable bonds is 3. The molecule has 0 bridgehead atoms. The Morgan fingerprint density at radius 3 is 2.05 bits per heavy atom. The van der Waals surface area contributed by atoms with Crippen LogP contribution in [0.5, 0.6) is 0 Å². The van der Waals surface area contributed by atoms with E-state index in [1.807, 2.05) is 0 Å². The first-order chi connectivity index (χ1) is 10.0. The van der Waals surface area contributed by atoms with Crippen LogP contribution in [-0.2, 0) is 6.54 Å². The Morgan fingerprint density at radius 1 is 1.05 bits per heavy atom. The summed E-state index contributed by atoms with van der Waals surface area (Å²) in [7, 11) is 0. The third-order valence-corrected chi connectivity index (χ3v) is 2.99. The predicted molar refractivity (Wildman–Crippen MR) is 69.9 cm³/mol. The van der Waals surface area contributed by atoms with Gasteiger partial charge in [0.15, 0.2) is 11.6 Å². The number of carboxylic acids is 1. The van der Waals surface area contributed by atoms with Gasteiger partial charge in [0, 0.05) is 12.1 Å². The Morgan fingerprint density at radius 2 is 1.57 bits per heavy atom. The maximum absolute atomic E-state index is 13.1. The molecule has 106 valence electrons. The number of carbonyl (C=O) groups is 1. The molecule has 0 saturated heterocycles. The molecule has 0 atom stereocenters. The first kappa shape index (κ1) is 13.2. The van der Waals surface area contributed by atoms with Gasteiger partial charge >= 0.3 is 5.97 Å². The summed E-state index contributed by atoms with van der Waals surface area (Å²) in [6, 6.07) is 8.20. The van der Waals surface area contributed by atoms with E-state index in [-0.39, 0.29) is 23.1 Å². The molecule has 1 aromatic heterocycles. The average Bonchev–Trinajstić information content (AvgIpc) is 2.81. The molecule has 5 nitrogen and oxygen atoms in total. The molecule has 3 rings (SSSR count). The minimum absolute atomic E-state index is 0.182. The fourth-order valence-electron chi connectivity index (χ4n) is 1.94. The summed E-state index contributed by atoms with van der Waals surface area (Å²) in [6.07, 6.45) is 0. The van der Waals surface area contributed by atoms with Crippen LogP contribution in [0.15, 0.2) is 36.4 Å². The van der Waals surface area contributed by atoms with Crippen LogP contribution in [0.25, 0.3) is 11.0 Å². The molecular weight excluding hydrogens is 280 g/mol. The summed E-state index contributed by atoms with van der Waals surface area (Å²) in [5, 5.41) is 16.9. The number of fused-ring (bicyclic) bond motifs is 1. The van der Waals surface area contributed by atoms with Crippen molar-refractivity contribution < 1.29 is 18.7 Å². The minimum Gasteiger partial charge on any atom is -0.478 e. The molecule has 0 aliphatic carbocycles. The van der Waals surface area contributed by atoms with E-state index in [1.54, 1.807) is 12.1 Å². The number of aromatic carboxylic acids is 1. The summed E-state index contributed by atoms with van der Waals surface area (Å²) >= 11 is 0. The summed E-state index contributed by atoms with van der Waals surface area (Å²) in [6.45, 7) is 0.276. The van der Waals surface area contributed by atoms with Crippen LogP contribution in [0.2, 0.25) is 0 Å². The highest BCUT2D eigenvalue weighted by atomic mass is 19.2. The van der Waals surface area contributed by atoms with Gasteiger partial charge < -0.3 is 5.11 Å². The Kier molecular flexibility index (Phi) is 3.09. The molecule has 7 heteroatoms. The van der Waals surface area contributed by atoms with Crippen molar-refractivity contribution in [1.29, 1.82) is 0 Å². The van der Waals surface area contributed by atoms with Crippen LogP contribution in [0.3, 0.4) is 0 Å². The zero-order valence-corrected chi connectivity index (χ0v) is 10.6. The lowest BCUT2D eigenvalue weighted by molar-refractivity contribution is 0.0697. The van der Waals surface area contributed by atoms with Crippen molar-refractivity contribution in [3.05, 3.63) is 59.2 Å². The quantitative estimate of drug-likeness (QED) is 0.804. The molecule has 21 heavy (non-hydrogen) atoms. The third-order valence-electron chi connectivity index (χ3n) is 2.99. The van der Waals surface area contributed by atoms with E-state index >= 15 is 0 Å². The predicted octanol–water partition coefficient (Wildman–Crippen LogP) is 2.46. The fraction of sp³-hybridized carbons (Fsp3) is 0.0714. The van der Waals surface area contributed by atoms with Gasteiger partial charge in [0.25, 0.3) is 0 Å². The molecule has 2 aromatic carbocycles. The Hall–Kier alpha value is -2.83. The summed E-state index contributed by atoms with van der Waals surface area (Å²) < 4.78 is 26.2. The molecule has 0 radical (unpaired) electrons. The molecule has 0 unspecified atom stereocenters. The van der Waals surface area contributed by atoms with Crippen molar-refractivity contribution >= 4 is 17.0 Å². The topological polar surface area (TPSA) is 68.0 Å². The third kappa shape index (κ3) is 2.58. The average molecular weight is 289 g/mol. The second-order valence-corrected chi connectivity index (χ2v) is 4.49. The van der Waals surface area contributed by atoms with Crippen molar-refractivity contribution in [3.63, 3.8) is 0 Å². The monoisotopic (exact) mass is 289 g/mol. The summed E-state index contributed by atoms with van der Waals surface area (Å²) in [4.78, 5) is 12.1. The van der Waals surface area contributed by atoms with Crippen LogP contribution < -0.4 is 0 Å². The smallest absolute Gasteiger partial charge is 0.335 e. The van der Waals surface area contributed by atoms with Crippen LogP contribution >= 0.6 is 0 Å². The van der Waals surface area contributed by atoms with E-state index in [2.05, 4.69) is 10.2 Å². The van der Waals surface area contributed by atoms with Gasteiger partial charge in [-0.2, -0.15) is 15.0 Å². The second kappa shape index (κ2) is 4.93. The SMILES string of the molecule is O=C(O)c1ccc(Cn2nc3cc(F)c(F)cc3n2)cc1. The van der Waals surface area contributed by atoms with E-state index in [9.17, 15) is 13.6 Å². The second-order valence-electron chi connectivity index (χ2n) is 4.49. The van der Waals surface area contributed by atoms with Crippen molar-refractivity contribution in [2.24, 2.45) is 0 Å². The van der Waals surface area contributed by atoms with E-state index in [0.717, 1.165) is 17.7 Å². The molecule has 0 saturated carbocycles. The molecule has 3 aromatic rings. The minimum atomic E-state index is -1.00. The van der Waals surface area contributed by atoms with Crippen molar-refractivity contribution in [2.75, 3.05) is 0 Å². The maximum Gasteiger partial charge on any atom is 0.335 e. The Bertz CT molecular complexity index is 789. The van der Waals surface area contributed by atoms with Crippen molar-refractivity contribution in [3.8, 4) is 0 Å². The van der Waals surface area contributed by atoms with Gasteiger partial charge in [0.2, 0.25) is 0 Å². The number of benzene rings is 2. The lowest BCUT2D eigenvalue weighted by atomic mass is 10.1. The van der Waals surface area contributed by atoms with E-state index in [4.69, 9.17) is 5.11 Å². The Balaban J connectivity index is 1.89. The fourth-order valence-corrected chi connectivity index (χ4v) is 1.94. The Labute approximate surface area is 117 Å². The normalized spacial score (nSPS) is 11.0. The van der Waals surface area contributed by atoms with E-state index in [0.29, 0.717) is 0 Å².